The van der Waals surface area contributed by atoms with E-state index < -0.39 is 11.7 Å². The van der Waals surface area contributed by atoms with E-state index in [1.165, 1.54) is 12.1 Å². The summed E-state index contributed by atoms with van der Waals surface area (Å²) in [6.45, 7) is 6.93. The van der Waals surface area contributed by atoms with E-state index in [9.17, 15) is 13.2 Å². The highest BCUT2D eigenvalue weighted by Crippen LogP contribution is 2.38. The molecule has 0 amide bonds. The number of fused-ring (bicyclic) bond motifs is 1. The van der Waals surface area contributed by atoms with Gasteiger partial charge in [-0.15, -0.1) is 0 Å². The van der Waals surface area contributed by atoms with Gasteiger partial charge in [-0.05, 0) is 41.7 Å². The number of hydrogen-bond donors (Lipinski definition) is 1. The number of nitrogens with two attached hydrogens (primary N) is 1. The van der Waals surface area contributed by atoms with Crippen molar-refractivity contribution in [3.8, 4) is 11.1 Å². The second kappa shape index (κ2) is 6.80. The van der Waals surface area contributed by atoms with E-state index in [1.54, 1.807) is 12.1 Å². The third-order valence-corrected chi connectivity index (χ3v) is 4.51. The van der Waals surface area contributed by atoms with Crippen LogP contribution in [0.3, 0.4) is 0 Å². The lowest BCUT2D eigenvalue weighted by Crippen LogP contribution is -2.07. The van der Waals surface area contributed by atoms with Crippen LogP contribution in [-0.2, 0) is 12.7 Å². The van der Waals surface area contributed by atoms with Gasteiger partial charge in [-0.25, -0.2) is 0 Å². The van der Waals surface area contributed by atoms with E-state index in [-0.39, 0.29) is 11.6 Å². The number of rotatable bonds is 4. The highest BCUT2D eigenvalue weighted by atomic mass is 19.4. The second-order valence-corrected chi connectivity index (χ2v) is 7.19. The minimum atomic E-state index is -4.39. The zero-order valence-corrected chi connectivity index (χ0v) is 15.1. The molecule has 3 rings (SSSR count). The number of alkyl halides is 3. The first-order valence-electron chi connectivity index (χ1n) is 8.73. The molecule has 0 fully saturated rings. The summed E-state index contributed by atoms with van der Waals surface area (Å²) < 4.78 is 42.3. The van der Waals surface area contributed by atoms with Crippen LogP contribution in [0.4, 0.5) is 13.2 Å². The fraction of sp³-hybridized carbons (Fsp3) is 0.333. The summed E-state index contributed by atoms with van der Waals surface area (Å²) in [5.74, 6) is 0.414. The van der Waals surface area contributed by atoms with Gasteiger partial charge < -0.3 is 10.3 Å². The Bertz CT molecular complexity index is 921. The summed E-state index contributed by atoms with van der Waals surface area (Å²) in [4.78, 5) is 0. The van der Waals surface area contributed by atoms with Crippen LogP contribution in [-0.4, -0.2) is 4.57 Å². The van der Waals surface area contributed by atoms with Crippen molar-refractivity contribution in [2.75, 3.05) is 0 Å². The molecule has 0 radical (unpaired) electrons. The van der Waals surface area contributed by atoms with Gasteiger partial charge in [0.25, 0.3) is 0 Å². The molecule has 2 aromatic carbocycles. The molecule has 0 aliphatic rings. The summed E-state index contributed by atoms with van der Waals surface area (Å²) in [5, 5.41) is 0.994. The zero-order chi connectivity index (χ0) is 19.1. The lowest BCUT2D eigenvalue weighted by Gasteiger charge is -2.14. The van der Waals surface area contributed by atoms with Gasteiger partial charge in [0.2, 0.25) is 0 Å². The predicted molar refractivity (Wildman–Crippen MR) is 99.8 cm³/mol. The molecular formula is C21H23F3N2. The molecule has 0 aliphatic heterocycles. The van der Waals surface area contributed by atoms with Gasteiger partial charge in [0.15, 0.2) is 0 Å². The molecule has 1 heterocycles. The minimum Gasteiger partial charge on any atom is -0.347 e. The normalized spacial score (nSPS) is 13.5. The number of halogens is 3. The molecule has 5 heteroatoms. The topological polar surface area (TPSA) is 30.9 Å². The Balaban J connectivity index is 2.22. The molecule has 3 aromatic rings. The molecule has 2 N–H and O–H groups in total. The van der Waals surface area contributed by atoms with E-state index in [1.807, 2.05) is 25.3 Å². The molecule has 1 atom stereocenters. The number of aromatic nitrogens is 1. The fourth-order valence-electron chi connectivity index (χ4n) is 3.38. The Morgan fingerprint density at radius 3 is 2.35 bits per heavy atom. The van der Waals surface area contributed by atoms with Crippen molar-refractivity contribution in [2.24, 2.45) is 11.7 Å². The highest BCUT2D eigenvalue weighted by molar-refractivity contribution is 5.89. The van der Waals surface area contributed by atoms with E-state index in [0.29, 0.717) is 11.5 Å². The highest BCUT2D eigenvalue weighted by Gasteiger charge is 2.33. The molecule has 0 unspecified atom stereocenters. The molecule has 1 aromatic heterocycles. The first-order valence-corrected chi connectivity index (χ1v) is 8.73. The Morgan fingerprint density at radius 2 is 1.73 bits per heavy atom. The van der Waals surface area contributed by atoms with E-state index >= 15 is 0 Å². The molecule has 2 nitrogen and oxygen atoms in total. The number of hydrogen-bond acceptors (Lipinski definition) is 1. The van der Waals surface area contributed by atoms with Gasteiger partial charge in [-0.3, -0.25) is 0 Å². The van der Waals surface area contributed by atoms with Crippen molar-refractivity contribution >= 4 is 10.9 Å². The van der Waals surface area contributed by atoms with Gasteiger partial charge in [-0.1, -0.05) is 44.2 Å². The van der Waals surface area contributed by atoms with E-state index in [0.717, 1.165) is 29.1 Å². The monoisotopic (exact) mass is 360 g/mol. The Morgan fingerprint density at radius 1 is 1.04 bits per heavy atom. The summed E-state index contributed by atoms with van der Waals surface area (Å²) >= 11 is 0. The summed E-state index contributed by atoms with van der Waals surface area (Å²) in [6.07, 6.45) is -2.36. The van der Waals surface area contributed by atoms with Crippen LogP contribution >= 0.6 is 0 Å². The second-order valence-electron chi connectivity index (χ2n) is 7.19. The van der Waals surface area contributed by atoms with Crippen molar-refractivity contribution in [1.82, 2.24) is 4.57 Å². The Hall–Kier alpha value is -2.27. The average Bonchev–Trinajstić information content (AvgIpc) is 2.91. The summed E-state index contributed by atoms with van der Waals surface area (Å²) in [5.41, 5.74) is 8.16. The molecule has 0 saturated heterocycles. The number of nitrogens with zero attached hydrogens (tertiary/aromatic N) is 1. The molecule has 0 bridgehead atoms. The third kappa shape index (κ3) is 3.49. The smallest absolute Gasteiger partial charge is 0.347 e. The van der Waals surface area contributed by atoms with Gasteiger partial charge in [0, 0.05) is 29.7 Å². The van der Waals surface area contributed by atoms with E-state index in [4.69, 9.17) is 5.73 Å². The van der Waals surface area contributed by atoms with Crippen LogP contribution in [0.1, 0.15) is 37.9 Å². The molecule has 26 heavy (non-hydrogen) atoms. The maximum atomic E-state index is 13.4. The zero-order valence-electron chi connectivity index (χ0n) is 15.1. The van der Waals surface area contributed by atoms with E-state index in [2.05, 4.69) is 18.4 Å². The quantitative estimate of drug-likeness (QED) is 0.607. The fourth-order valence-corrected chi connectivity index (χ4v) is 3.38. The van der Waals surface area contributed by atoms with Gasteiger partial charge in [-0.2, -0.15) is 13.2 Å². The van der Waals surface area contributed by atoms with Crippen molar-refractivity contribution in [3.63, 3.8) is 0 Å². The Labute approximate surface area is 151 Å². The largest absolute Gasteiger partial charge is 0.417 e. The maximum absolute atomic E-state index is 13.4. The molecule has 138 valence electrons. The van der Waals surface area contributed by atoms with Gasteiger partial charge in [0.1, 0.15) is 0 Å². The average molecular weight is 360 g/mol. The van der Waals surface area contributed by atoms with Gasteiger partial charge in [0.05, 0.1) is 5.56 Å². The standard InChI is InChI=1S/C21H23F3N2/c1-13(2)11-26-12-18(14(3)25)17-9-8-15(10-20(17)26)16-6-4-5-7-19(16)21(22,23)24/h4-10,12-14H,11,25H2,1-3H3/t14-/m1/s1. The SMILES string of the molecule is CC(C)Cn1cc([C@@H](C)N)c2ccc(-c3ccccc3C(F)(F)F)cc21. The van der Waals surface area contributed by atoms with Gasteiger partial charge >= 0.3 is 6.18 Å². The third-order valence-electron chi connectivity index (χ3n) is 4.51. The minimum absolute atomic E-state index is 0.140. The van der Waals surface area contributed by atoms with Crippen LogP contribution in [0.2, 0.25) is 0 Å². The first kappa shape index (κ1) is 18.5. The molecular weight excluding hydrogens is 337 g/mol. The van der Waals surface area contributed by atoms with Crippen LogP contribution in [0.5, 0.6) is 0 Å². The van der Waals surface area contributed by atoms with Crippen LogP contribution in [0, 0.1) is 5.92 Å². The van der Waals surface area contributed by atoms with Crippen molar-refractivity contribution in [2.45, 2.75) is 39.5 Å². The number of benzene rings is 2. The maximum Gasteiger partial charge on any atom is 0.417 e. The van der Waals surface area contributed by atoms with Crippen molar-refractivity contribution < 1.29 is 13.2 Å². The summed E-state index contributed by atoms with van der Waals surface area (Å²) in [6, 6.07) is 11.0. The molecule has 0 saturated carbocycles. The first-order chi connectivity index (χ1) is 12.2. The lowest BCUT2D eigenvalue weighted by molar-refractivity contribution is -0.137. The Kier molecular flexibility index (Phi) is 4.84. The van der Waals surface area contributed by atoms with Crippen LogP contribution in [0.25, 0.3) is 22.0 Å². The molecule has 0 aliphatic carbocycles. The molecule has 0 spiro atoms. The lowest BCUT2D eigenvalue weighted by atomic mass is 9.97. The predicted octanol–water partition coefficient (Wildman–Crippen LogP) is 6.00. The van der Waals surface area contributed by atoms with Crippen LogP contribution < -0.4 is 5.73 Å². The van der Waals surface area contributed by atoms with Crippen LogP contribution in [0.15, 0.2) is 48.7 Å². The van der Waals surface area contributed by atoms with Crippen molar-refractivity contribution in [3.05, 3.63) is 59.8 Å². The van der Waals surface area contributed by atoms with Crippen molar-refractivity contribution in [1.29, 1.82) is 0 Å². The summed E-state index contributed by atoms with van der Waals surface area (Å²) in [7, 11) is 0.